The van der Waals surface area contributed by atoms with Gasteiger partial charge in [-0.2, -0.15) is 0 Å². The molecule has 1 aromatic rings. The maximum atomic E-state index is 10.3. The Morgan fingerprint density at radius 2 is 1.87 bits per heavy atom. The first-order chi connectivity index (χ1) is 7.00. The number of carboxylic acid groups (broad SMARTS) is 1. The van der Waals surface area contributed by atoms with Gasteiger partial charge in [0, 0.05) is 16.6 Å². The molecular formula is C9H5BrNO4-. The molecule has 6 heteroatoms. The smallest absolute Gasteiger partial charge is 0.269 e. The van der Waals surface area contributed by atoms with E-state index >= 15 is 0 Å². The molecule has 0 fully saturated rings. The van der Waals surface area contributed by atoms with Crippen molar-refractivity contribution in [1.29, 1.82) is 0 Å². The van der Waals surface area contributed by atoms with Gasteiger partial charge in [-0.15, -0.1) is 0 Å². The van der Waals surface area contributed by atoms with Crippen molar-refractivity contribution >= 4 is 32.1 Å². The van der Waals surface area contributed by atoms with Crippen LogP contribution in [0.25, 0.3) is 4.48 Å². The van der Waals surface area contributed by atoms with Gasteiger partial charge >= 0.3 is 0 Å². The quantitative estimate of drug-likeness (QED) is 0.468. The minimum absolute atomic E-state index is 0.0486. The zero-order valence-corrected chi connectivity index (χ0v) is 8.93. The summed E-state index contributed by atoms with van der Waals surface area (Å²) in [5.74, 6) is -1.33. The number of benzene rings is 1. The third kappa shape index (κ3) is 3.17. The molecule has 0 unspecified atom stereocenters. The molecule has 0 radical (unpaired) electrons. The van der Waals surface area contributed by atoms with Crippen molar-refractivity contribution in [3.05, 3.63) is 46.0 Å². The minimum Gasteiger partial charge on any atom is -0.545 e. The van der Waals surface area contributed by atoms with Crippen LogP contribution in [0.4, 0.5) is 5.69 Å². The van der Waals surface area contributed by atoms with Crippen LogP contribution in [0.2, 0.25) is 0 Å². The fraction of sp³-hybridized carbons (Fsp3) is 0. The minimum atomic E-state index is -1.33. The number of hydrogen-bond donors (Lipinski definition) is 0. The third-order valence-electron chi connectivity index (χ3n) is 1.60. The number of carbonyl (C=O) groups excluding carboxylic acids is 1. The van der Waals surface area contributed by atoms with Crippen LogP contribution in [0.5, 0.6) is 0 Å². The molecule has 1 aromatic carbocycles. The molecule has 0 aromatic heterocycles. The Labute approximate surface area is 93.3 Å². The lowest BCUT2D eigenvalue weighted by atomic mass is 10.2. The highest BCUT2D eigenvalue weighted by molar-refractivity contribution is 9.15. The Morgan fingerprint density at radius 1 is 1.33 bits per heavy atom. The van der Waals surface area contributed by atoms with E-state index in [1.54, 1.807) is 0 Å². The number of non-ortho nitro benzene ring substituents is 1. The molecule has 0 heterocycles. The van der Waals surface area contributed by atoms with Gasteiger partial charge in [-0.3, -0.25) is 10.1 Å². The zero-order chi connectivity index (χ0) is 11.4. The molecule has 0 aliphatic rings. The molecule has 0 spiro atoms. The molecule has 15 heavy (non-hydrogen) atoms. The van der Waals surface area contributed by atoms with Crippen molar-refractivity contribution in [2.75, 3.05) is 0 Å². The van der Waals surface area contributed by atoms with Gasteiger partial charge in [-0.1, -0.05) is 15.9 Å². The molecule has 1 rings (SSSR count). The van der Waals surface area contributed by atoms with Crippen LogP contribution in [-0.4, -0.2) is 10.9 Å². The fourth-order valence-corrected chi connectivity index (χ4v) is 1.38. The molecule has 0 aliphatic carbocycles. The first-order valence-corrected chi connectivity index (χ1v) is 4.63. The average molecular weight is 271 g/mol. The highest BCUT2D eigenvalue weighted by Gasteiger charge is 2.04. The second-order valence-corrected chi connectivity index (χ2v) is 3.47. The topological polar surface area (TPSA) is 83.3 Å². The second-order valence-electron chi connectivity index (χ2n) is 2.62. The normalized spacial score (nSPS) is 11.1. The molecule has 0 amide bonds. The highest BCUT2D eigenvalue weighted by Crippen LogP contribution is 2.22. The largest absolute Gasteiger partial charge is 0.545 e. The molecule has 0 atom stereocenters. The summed E-state index contributed by atoms with van der Waals surface area (Å²) in [6.45, 7) is 0. The summed E-state index contributed by atoms with van der Waals surface area (Å²) in [6, 6.07) is 5.47. The lowest BCUT2D eigenvalue weighted by molar-refractivity contribution is -0.384. The van der Waals surface area contributed by atoms with Crippen LogP contribution in [0.1, 0.15) is 5.56 Å². The molecule has 0 aliphatic heterocycles. The predicted octanol–water partition coefficient (Wildman–Crippen LogP) is 1.08. The van der Waals surface area contributed by atoms with E-state index in [1.807, 2.05) is 0 Å². The van der Waals surface area contributed by atoms with Gasteiger partial charge in [0.25, 0.3) is 5.69 Å². The maximum Gasteiger partial charge on any atom is 0.269 e. The molecule has 5 nitrogen and oxygen atoms in total. The van der Waals surface area contributed by atoms with Gasteiger partial charge < -0.3 is 9.90 Å². The van der Waals surface area contributed by atoms with Crippen molar-refractivity contribution in [1.82, 2.24) is 0 Å². The summed E-state index contributed by atoms with van der Waals surface area (Å²) < 4.78 is 0.303. The van der Waals surface area contributed by atoms with E-state index in [1.165, 1.54) is 24.3 Å². The van der Waals surface area contributed by atoms with Crippen molar-refractivity contribution in [2.24, 2.45) is 0 Å². The van der Waals surface area contributed by atoms with Crippen LogP contribution < -0.4 is 5.11 Å². The van der Waals surface area contributed by atoms with Crippen LogP contribution >= 0.6 is 15.9 Å². The number of carbonyl (C=O) groups is 1. The number of rotatable bonds is 3. The number of nitro benzene ring substituents is 1. The van der Waals surface area contributed by atoms with Crippen molar-refractivity contribution in [3.63, 3.8) is 0 Å². The second kappa shape index (κ2) is 4.70. The number of aliphatic carboxylic acids is 1. The van der Waals surface area contributed by atoms with Crippen LogP contribution in [0.15, 0.2) is 30.3 Å². The number of nitrogens with zero attached hydrogens (tertiary/aromatic N) is 1. The van der Waals surface area contributed by atoms with E-state index in [9.17, 15) is 20.0 Å². The van der Waals surface area contributed by atoms with E-state index in [-0.39, 0.29) is 5.69 Å². The van der Waals surface area contributed by atoms with Crippen LogP contribution in [0.3, 0.4) is 0 Å². The molecule has 0 bridgehead atoms. The number of halogens is 1. The van der Waals surface area contributed by atoms with Gasteiger partial charge in [-0.25, -0.2) is 0 Å². The van der Waals surface area contributed by atoms with E-state index < -0.39 is 10.9 Å². The van der Waals surface area contributed by atoms with Crippen molar-refractivity contribution < 1.29 is 14.8 Å². The molecule has 0 N–H and O–H groups in total. The van der Waals surface area contributed by atoms with Gasteiger partial charge in [-0.05, 0) is 23.8 Å². The molecule has 0 saturated carbocycles. The summed E-state index contributed by atoms with van der Waals surface area (Å²) in [7, 11) is 0. The van der Waals surface area contributed by atoms with E-state index in [0.717, 1.165) is 6.08 Å². The fourth-order valence-electron chi connectivity index (χ4n) is 0.929. The van der Waals surface area contributed by atoms with Crippen LogP contribution in [-0.2, 0) is 4.79 Å². The standard InChI is InChI=1S/C9H6BrNO4/c10-8(5-9(12)13)6-1-3-7(4-2-6)11(14)15/h1-5H,(H,12,13)/p-1/b8-5-. The van der Waals surface area contributed by atoms with Crippen molar-refractivity contribution in [3.8, 4) is 0 Å². The first kappa shape index (κ1) is 11.4. The van der Waals surface area contributed by atoms with E-state index in [0.29, 0.717) is 10.0 Å². The van der Waals surface area contributed by atoms with E-state index in [4.69, 9.17) is 0 Å². The van der Waals surface area contributed by atoms with Gasteiger partial charge in [0.2, 0.25) is 0 Å². The lowest BCUT2D eigenvalue weighted by Gasteiger charge is -2.00. The zero-order valence-electron chi connectivity index (χ0n) is 7.34. The average Bonchev–Trinajstić information content (AvgIpc) is 2.17. The summed E-state index contributed by atoms with van der Waals surface area (Å²) in [5.41, 5.74) is 0.484. The van der Waals surface area contributed by atoms with E-state index in [2.05, 4.69) is 15.9 Å². The summed E-state index contributed by atoms with van der Waals surface area (Å²) in [5, 5.41) is 20.6. The summed E-state index contributed by atoms with van der Waals surface area (Å²) in [4.78, 5) is 20.0. The Morgan fingerprint density at radius 3 is 2.27 bits per heavy atom. The Balaban J connectivity index is 2.99. The van der Waals surface area contributed by atoms with Crippen LogP contribution in [0, 0.1) is 10.1 Å². The van der Waals surface area contributed by atoms with Crippen molar-refractivity contribution in [2.45, 2.75) is 0 Å². The molecule has 0 saturated heterocycles. The summed E-state index contributed by atoms with van der Waals surface area (Å²) in [6.07, 6.45) is 0.862. The van der Waals surface area contributed by atoms with Gasteiger partial charge in [0.15, 0.2) is 0 Å². The number of hydrogen-bond acceptors (Lipinski definition) is 4. The molecule has 78 valence electrons. The summed E-state index contributed by atoms with van der Waals surface area (Å²) >= 11 is 3.02. The number of carboxylic acids is 1. The Hall–Kier alpha value is -1.69. The lowest BCUT2D eigenvalue weighted by Crippen LogP contribution is -2.18. The van der Waals surface area contributed by atoms with Gasteiger partial charge in [0.05, 0.1) is 10.9 Å². The third-order valence-corrected chi connectivity index (χ3v) is 2.29. The Bertz CT molecular complexity index is 424. The number of nitro groups is 1. The predicted molar refractivity (Wildman–Crippen MR) is 55.0 cm³/mol. The highest BCUT2D eigenvalue weighted by atomic mass is 79.9. The maximum absolute atomic E-state index is 10.3. The SMILES string of the molecule is O=C([O-])/C=C(\Br)c1ccc([N+](=O)[O-])cc1. The Kier molecular flexibility index (Phi) is 3.56. The monoisotopic (exact) mass is 270 g/mol. The first-order valence-electron chi connectivity index (χ1n) is 3.83. The van der Waals surface area contributed by atoms with Gasteiger partial charge in [0.1, 0.15) is 0 Å². The molecular weight excluding hydrogens is 266 g/mol.